The monoisotopic (exact) mass is 634 g/mol. The van der Waals surface area contributed by atoms with Crippen LogP contribution in [0, 0.1) is 0 Å². The number of hydrogen-bond donors (Lipinski definition) is 0. The quantitative estimate of drug-likeness (QED) is 0.0653. The first-order valence-corrected chi connectivity index (χ1v) is 14.6. The van der Waals surface area contributed by atoms with E-state index in [4.69, 9.17) is 37.9 Å². The van der Waals surface area contributed by atoms with Crippen LogP contribution in [0.2, 0.25) is 0 Å². The summed E-state index contributed by atoms with van der Waals surface area (Å²) in [7, 11) is 0. The summed E-state index contributed by atoms with van der Waals surface area (Å²) >= 11 is 0. The zero-order chi connectivity index (χ0) is 32.8. The first kappa shape index (κ1) is 35.5. The fraction of sp³-hybridized carbons (Fsp3) is 0.286. The van der Waals surface area contributed by atoms with Gasteiger partial charge in [0.25, 0.3) is 0 Å². The highest BCUT2D eigenvalue weighted by Gasteiger charge is 2.10. The molecular weight excluding hydrogens is 596 g/mol. The van der Waals surface area contributed by atoms with Gasteiger partial charge in [0.05, 0.1) is 45.2 Å². The van der Waals surface area contributed by atoms with Crippen molar-refractivity contribution in [2.45, 2.75) is 0 Å². The van der Waals surface area contributed by atoms with Gasteiger partial charge in [-0.3, -0.25) is 0 Å². The molecule has 11 heteroatoms. The lowest BCUT2D eigenvalue weighted by Gasteiger charge is -2.10. The van der Waals surface area contributed by atoms with E-state index in [1.54, 1.807) is 36.4 Å². The van der Waals surface area contributed by atoms with Crippen LogP contribution in [0.3, 0.4) is 0 Å². The van der Waals surface area contributed by atoms with Crippen molar-refractivity contribution in [3.8, 4) is 28.4 Å². The molecule has 0 aliphatic heterocycles. The van der Waals surface area contributed by atoms with E-state index >= 15 is 0 Å². The molecule has 0 N–H and O–H groups in total. The largest absolute Gasteiger partial charge is 0.491 e. The molecule has 0 heterocycles. The Hall–Kier alpha value is -4.97. The van der Waals surface area contributed by atoms with Crippen molar-refractivity contribution in [1.82, 2.24) is 0 Å². The van der Waals surface area contributed by atoms with Gasteiger partial charge in [0.15, 0.2) is 0 Å². The number of carbonyl (C=O) groups excluding carboxylic acids is 3. The SMILES string of the molecule is C=CC(=O)OCCOCCOCCOc1ccc(C(=O)Oc2ccc(-c3ccc(OCCOCCOC(=O)C=C)cc3)cc2)cc1. The molecule has 0 atom stereocenters. The molecule has 3 aromatic rings. The minimum Gasteiger partial charge on any atom is -0.491 e. The fourth-order valence-corrected chi connectivity index (χ4v) is 3.69. The summed E-state index contributed by atoms with van der Waals surface area (Å²) in [6, 6.07) is 21.5. The number of hydrogen-bond acceptors (Lipinski definition) is 11. The molecular formula is C35H38O11. The molecule has 0 radical (unpaired) electrons. The Morgan fingerprint density at radius 1 is 0.478 bits per heavy atom. The molecule has 0 bridgehead atoms. The molecule has 0 unspecified atom stereocenters. The highest BCUT2D eigenvalue weighted by atomic mass is 16.6. The Morgan fingerprint density at radius 3 is 1.28 bits per heavy atom. The molecule has 46 heavy (non-hydrogen) atoms. The second-order valence-corrected chi connectivity index (χ2v) is 9.24. The lowest BCUT2D eigenvalue weighted by Crippen LogP contribution is -2.13. The minimum absolute atomic E-state index is 0.163. The summed E-state index contributed by atoms with van der Waals surface area (Å²) < 4.78 is 42.6. The molecule has 0 aliphatic carbocycles. The number of benzene rings is 3. The van der Waals surface area contributed by atoms with E-state index in [9.17, 15) is 14.4 Å². The average molecular weight is 635 g/mol. The summed E-state index contributed by atoms with van der Waals surface area (Å²) in [5.41, 5.74) is 2.32. The maximum atomic E-state index is 12.6. The number of rotatable bonds is 22. The molecule has 11 nitrogen and oxygen atoms in total. The molecule has 0 saturated heterocycles. The Bertz CT molecular complexity index is 1370. The van der Waals surface area contributed by atoms with Gasteiger partial charge in [-0.1, -0.05) is 37.4 Å². The molecule has 3 aromatic carbocycles. The third-order valence-electron chi connectivity index (χ3n) is 5.98. The number of carbonyl (C=O) groups is 3. The Morgan fingerprint density at radius 2 is 0.848 bits per heavy atom. The molecule has 244 valence electrons. The van der Waals surface area contributed by atoms with Crippen LogP contribution in [0.4, 0.5) is 0 Å². The minimum atomic E-state index is -0.483. The molecule has 0 aliphatic rings. The van der Waals surface area contributed by atoms with Gasteiger partial charge >= 0.3 is 17.9 Å². The Labute approximate surface area is 268 Å². The molecule has 0 saturated carbocycles. The zero-order valence-corrected chi connectivity index (χ0v) is 25.6. The van der Waals surface area contributed by atoms with Gasteiger partial charge in [-0.15, -0.1) is 0 Å². The maximum absolute atomic E-state index is 12.6. The van der Waals surface area contributed by atoms with Crippen LogP contribution < -0.4 is 14.2 Å². The number of ether oxygens (including phenoxy) is 8. The third kappa shape index (κ3) is 13.8. The molecule has 0 fully saturated rings. The predicted molar refractivity (Wildman–Crippen MR) is 169 cm³/mol. The van der Waals surface area contributed by atoms with Gasteiger partial charge in [0.2, 0.25) is 0 Å². The lowest BCUT2D eigenvalue weighted by molar-refractivity contribution is -0.140. The first-order valence-electron chi connectivity index (χ1n) is 14.6. The van der Waals surface area contributed by atoms with Crippen molar-refractivity contribution in [1.29, 1.82) is 0 Å². The zero-order valence-electron chi connectivity index (χ0n) is 25.6. The van der Waals surface area contributed by atoms with Crippen molar-refractivity contribution in [3.63, 3.8) is 0 Å². The van der Waals surface area contributed by atoms with Gasteiger partial charge in [-0.2, -0.15) is 0 Å². The molecule has 0 spiro atoms. The van der Waals surface area contributed by atoms with Gasteiger partial charge in [-0.25, -0.2) is 14.4 Å². The van der Waals surface area contributed by atoms with Crippen molar-refractivity contribution in [2.75, 3.05) is 66.1 Å². The fourth-order valence-electron chi connectivity index (χ4n) is 3.69. The summed E-state index contributed by atoms with van der Waals surface area (Å²) in [4.78, 5) is 34.5. The van der Waals surface area contributed by atoms with Crippen LogP contribution in [0.1, 0.15) is 10.4 Å². The summed E-state index contributed by atoms with van der Waals surface area (Å²) in [5.74, 6) is 0.275. The van der Waals surface area contributed by atoms with Gasteiger partial charge in [0.1, 0.15) is 43.7 Å². The highest BCUT2D eigenvalue weighted by molar-refractivity contribution is 5.91. The van der Waals surface area contributed by atoms with Crippen molar-refractivity contribution in [3.05, 3.63) is 104 Å². The van der Waals surface area contributed by atoms with Crippen LogP contribution in [-0.4, -0.2) is 84.0 Å². The molecule has 0 aromatic heterocycles. The van der Waals surface area contributed by atoms with Crippen LogP contribution >= 0.6 is 0 Å². The van der Waals surface area contributed by atoms with E-state index in [2.05, 4.69) is 13.2 Å². The van der Waals surface area contributed by atoms with E-state index in [-0.39, 0.29) is 26.4 Å². The second-order valence-electron chi connectivity index (χ2n) is 9.24. The molecule has 0 amide bonds. The van der Waals surface area contributed by atoms with E-state index in [0.717, 1.165) is 23.3 Å². The van der Waals surface area contributed by atoms with Gasteiger partial charge < -0.3 is 37.9 Å². The third-order valence-corrected chi connectivity index (χ3v) is 5.98. The van der Waals surface area contributed by atoms with Crippen LogP contribution in [0.25, 0.3) is 11.1 Å². The topological polar surface area (TPSA) is 125 Å². The predicted octanol–water partition coefficient (Wildman–Crippen LogP) is 4.84. The average Bonchev–Trinajstić information content (AvgIpc) is 3.09. The van der Waals surface area contributed by atoms with Crippen LogP contribution in [-0.2, 0) is 33.3 Å². The summed E-state index contributed by atoms with van der Waals surface area (Å²) in [6.45, 7) is 9.69. The van der Waals surface area contributed by atoms with Gasteiger partial charge in [-0.05, 0) is 59.7 Å². The summed E-state index contributed by atoms with van der Waals surface area (Å²) in [6.07, 6.45) is 2.20. The van der Waals surface area contributed by atoms with Gasteiger partial charge in [0, 0.05) is 12.2 Å². The standard InChI is InChI=1S/C35H38O11/c1-3-33(36)44-25-21-40-18-17-39-19-23-43-31-13-9-29(10-14-31)35(38)46-32-15-7-28(8-16-32)27-5-11-30(12-6-27)42-24-20-41-22-26-45-34(37)4-2/h3-16H,1-2,17-26H2. The van der Waals surface area contributed by atoms with Crippen molar-refractivity contribution >= 4 is 17.9 Å². The van der Waals surface area contributed by atoms with E-state index < -0.39 is 17.9 Å². The Kier molecular flexibility index (Phi) is 16.1. The lowest BCUT2D eigenvalue weighted by atomic mass is 10.1. The van der Waals surface area contributed by atoms with Crippen LogP contribution in [0.15, 0.2) is 98.1 Å². The van der Waals surface area contributed by atoms with E-state index in [0.29, 0.717) is 62.5 Å². The summed E-state index contributed by atoms with van der Waals surface area (Å²) in [5, 5.41) is 0. The van der Waals surface area contributed by atoms with E-state index in [1.165, 1.54) is 0 Å². The highest BCUT2D eigenvalue weighted by Crippen LogP contribution is 2.25. The number of esters is 3. The van der Waals surface area contributed by atoms with E-state index in [1.807, 2.05) is 36.4 Å². The first-order chi connectivity index (χ1) is 22.5. The second kappa shape index (κ2) is 20.9. The molecule has 3 rings (SSSR count). The smallest absolute Gasteiger partial charge is 0.343 e. The van der Waals surface area contributed by atoms with Crippen LogP contribution in [0.5, 0.6) is 17.2 Å². The maximum Gasteiger partial charge on any atom is 0.343 e. The van der Waals surface area contributed by atoms with Crippen molar-refractivity contribution < 1.29 is 52.3 Å². The normalized spacial score (nSPS) is 10.4. The Balaban J connectivity index is 1.30. The van der Waals surface area contributed by atoms with Crippen molar-refractivity contribution in [2.24, 2.45) is 0 Å².